The van der Waals surface area contributed by atoms with Gasteiger partial charge in [0.1, 0.15) is 12.9 Å². The van der Waals surface area contributed by atoms with Crippen molar-refractivity contribution in [3.63, 3.8) is 0 Å². The van der Waals surface area contributed by atoms with Gasteiger partial charge < -0.3 is 13.9 Å². The maximum Gasteiger partial charge on any atom is 0.193 e. The first-order valence-corrected chi connectivity index (χ1v) is 10.8. The fraction of sp³-hybridized carbons (Fsp3) is 0.733. The van der Waals surface area contributed by atoms with E-state index < -0.39 is 8.32 Å². The predicted molar refractivity (Wildman–Crippen MR) is 89.6 cm³/mol. The molecule has 0 aromatic heterocycles. The van der Waals surface area contributed by atoms with Crippen LogP contribution in [0.4, 0.5) is 0 Å². The van der Waals surface area contributed by atoms with Crippen molar-refractivity contribution in [3.8, 4) is 0 Å². The second-order valence-corrected chi connectivity index (χ2v) is 12.1. The summed E-state index contributed by atoms with van der Waals surface area (Å²) in [5, 5.41) is 0.180. The molecule has 20 heavy (non-hydrogen) atoms. The Kier molecular flexibility index (Phi) is 6.66. The average Bonchev–Trinajstić information content (AvgIpc) is 2.31. The van der Waals surface area contributed by atoms with Gasteiger partial charge in [-0.1, -0.05) is 48.9 Å². The molecule has 0 N–H and O–H groups in total. The monoisotopic (exact) mass is 362 g/mol. The molecule has 0 aromatic carbocycles. The van der Waals surface area contributed by atoms with Crippen LogP contribution in [-0.2, 0) is 13.9 Å². The first-order chi connectivity index (χ1) is 9.19. The van der Waals surface area contributed by atoms with Gasteiger partial charge in [-0.25, -0.2) is 0 Å². The standard InChI is InChI=1S/C15H27BrO3Si/c1-7-17-11-18-14-12(16)9-8-10-13(14)19-20(5,6)15(2,3)4/h8-10,13-14H,7,11H2,1-6H3/t13-,14-/m1/s1. The number of hydrogen-bond donors (Lipinski definition) is 0. The Morgan fingerprint density at radius 2 is 1.95 bits per heavy atom. The van der Waals surface area contributed by atoms with Crippen molar-refractivity contribution < 1.29 is 13.9 Å². The van der Waals surface area contributed by atoms with Gasteiger partial charge in [0, 0.05) is 11.1 Å². The predicted octanol–water partition coefficient (Wildman–Crippen LogP) is 4.60. The van der Waals surface area contributed by atoms with Crippen LogP contribution in [0.1, 0.15) is 27.7 Å². The van der Waals surface area contributed by atoms with E-state index >= 15 is 0 Å². The summed E-state index contributed by atoms with van der Waals surface area (Å²) in [6.45, 7) is 14.1. The molecule has 0 fully saturated rings. The number of allylic oxidation sites excluding steroid dienone is 2. The highest BCUT2D eigenvalue weighted by Gasteiger charge is 2.41. The van der Waals surface area contributed by atoms with Crippen LogP contribution in [0.3, 0.4) is 0 Å². The second-order valence-electron chi connectivity index (χ2n) is 6.48. The number of hydrogen-bond acceptors (Lipinski definition) is 3. The molecule has 0 amide bonds. The van der Waals surface area contributed by atoms with Crippen molar-refractivity contribution in [2.45, 2.75) is 58.0 Å². The Morgan fingerprint density at radius 3 is 2.50 bits per heavy atom. The quantitative estimate of drug-likeness (QED) is 0.392. The summed E-state index contributed by atoms with van der Waals surface area (Å²) in [5.41, 5.74) is 0. The minimum absolute atomic E-state index is 0.0595. The van der Waals surface area contributed by atoms with Gasteiger partial charge >= 0.3 is 0 Å². The topological polar surface area (TPSA) is 27.7 Å². The second kappa shape index (κ2) is 7.36. The lowest BCUT2D eigenvalue weighted by atomic mass is 10.1. The molecule has 0 unspecified atom stereocenters. The van der Waals surface area contributed by atoms with Crippen molar-refractivity contribution in [1.29, 1.82) is 0 Å². The lowest BCUT2D eigenvalue weighted by Gasteiger charge is -2.41. The van der Waals surface area contributed by atoms with Crippen molar-refractivity contribution in [2.75, 3.05) is 13.4 Å². The molecule has 1 aliphatic rings. The minimum atomic E-state index is -1.83. The van der Waals surface area contributed by atoms with E-state index in [1.807, 2.05) is 19.1 Å². The van der Waals surface area contributed by atoms with Gasteiger partial charge in [-0.3, -0.25) is 0 Å². The number of halogens is 1. The Labute approximate surface area is 132 Å². The first-order valence-electron chi connectivity index (χ1n) is 7.10. The maximum absolute atomic E-state index is 6.46. The number of ether oxygens (including phenoxy) is 2. The van der Waals surface area contributed by atoms with Crippen LogP contribution in [0, 0.1) is 0 Å². The highest BCUT2D eigenvalue weighted by atomic mass is 79.9. The molecule has 116 valence electrons. The van der Waals surface area contributed by atoms with Crippen LogP contribution >= 0.6 is 15.9 Å². The summed E-state index contributed by atoms with van der Waals surface area (Å²) < 4.78 is 18.6. The largest absolute Gasteiger partial charge is 0.407 e. The van der Waals surface area contributed by atoms with Gasteiger partial charge in [-0.05, 0) is 31.1 Å². The minimum Gasteiger partial charge on any atom is -0.407 e. The first kappa shape index (κ1) is 18.1. The summed E-state index contributed by atoms with van der Waals surface area (Å²) in [7, 11) is -1.83. The van der Waals surface area contributed by atoms with Gasteiger partial charge in [-0.2, -0.15) is 0 Å². The van der Waals surface area contributed by atoms with Crippen LogP contribution in [-0.4, -0.2) is 33.9 Å². The van der Waals surface area contributed by atoms with E-state index in [0.717, 1.165) is 4.48 Å². The molecule has 0 aliphatic heterocycles. The molecule has 1 rings (SSSR count). The van der Waals surface area contributed by atoms with E-state index in [9.17, 15) is 0 Å². The van der Waals surface area contributed by atoms with Crippen molar-refractivity contribution in [1.82, 2.24) is 0 Å². The molecule has 0 bridgehead atoms. The van der Waals surface area contributed by atoms with Gasteiger partial charge in [0.25, 0.3) is 0 Å². The Morgan fingerprint density at radius 1 is 1.30 bits per heavy atom. The summed E-state index contributed by atoms with van der Waals surface area (Å²) in [4.78, 5) is 0. The molecule has 0 saturated carbocycles. The Hall–Kier alpha value is 0.0569. The van der Waals surface area contributed by atoms with Crippen molar-refractivity contribution >= 4 is 24.2 Å². The zero-order chi connectivity index (χ0) is 15.4. The molecule has 5 heteroatoms. The molecular weight excluding hydrogens is 336 g/mol. The molecule has 0 aromatic rings. The third-order valence-electron chi connectivity index (χ3n) is 3.90. The molecule has 2 atom stereocenters. The summed E-state index contributed by atoms with van der Waals surface area (Å²) >= 11 is 3.57. The maximum atomic E-state index is 6.46. The van der Waals surface area contributed by atoms with Crippen molar-refractivity contribution in [2.24, 2.45) is 0 Å². The van der Waals surface area contributed by atoms with Crippen LogP contribution in [0.15, 0.2) is 22.7 Å². The highest BCUT2D eigenvalue weighted by Crippen LogP contribution is 2.39. The van der Waals surface area contributed by atoms with Crippen molar-refractivity contribution in [3.05, 3.63) is 22.7 Å². The fourth-order valence-electron chi connectivity index (χ4n) is 1.61. The normalized spacial score (nSPS) is 23.9. The zero-order valence-electron chi connectivity index (χ0n) is 13.4. The van der Waals surface area contributed by atoms with Crippen LogP contribution < -0.4 is 0 Å². The third kappa shape index (κ3) is 4.81. The SMILES string of the molecule is CCOCO[C@@H]1C(Br)=CC=C[C@H]1O[Si](C)(C)C(C)(C)C. The van der Waals surface area contributed by atoms with Gasteiger partial charge in [0.05, 0.1) is 6.10 Å². The molecule has 0 radical (unpaired) electrons. The Balaban J connectivity index is 2.75. The van der Waals surface area contributed by atoms with E-state index in [0.29, 0.717) is 6.61 Å². The summed E-state index contributed by atoms with van der Waals surface area (Å²) in [5.74, 6) is 0. The van der Waals surface area contributed by atoms with Gasteiger partial charge in [-0.15, -0.1) is 0 Å². The molecule has 3 nitrogen and oxygen atoms in total. The summed E-state index contributed by atoms with van der Waals surface area (Å²) in [6, 6.07) is 0. The van der Waals surface area contributed by atoms with Crippen LogP contribution in [0.5, 0.6) is 0 Å². The molecule has 0 heterocycles. The lowest BCUT2D eigenvalue weighted by molar-refractivity contribution is -0.0950. The molecule has 0 spiro atoms. The third-order valence-corrected chi connectivity index (χ3v) is 9.09. The van der Waals surface area contributed by atoms with E-state index in [4.69, 9.17) is 13.9 Å². The van der Waals surface area contributed by atoms with E-state index in [1.54, 1.807) is 0 Å². The zero-order valence-corrected chi connectivity index (χ0v) is 16.0. The van der Waals surface area contributed by atoms with E-state index in [-0.39, 0.29) is 24.0 Å². The Bertz CT molecular complexity index is 372. The smallest absolute Gasteiger partial charge is 0.193 e. The fourth-order valence-corrected chi connectivity index (χ4v) is 3.39. The van der Waals surface area contributed by atoms with E-state index in [2.05, 4.69) is 55.9 Å². The van der Waals surface area contributed by atoms with E-state index in [1.165, 1.54) is 0 Å². The lowest BCUT2D eigenvalue weighted by Crippen LogP contribution is -2.47. The van der Waals surface area contributed by atoms with Crippen LogP contribution in [0.2, 0.25) is 18.1 Å². The van der Waals surface area contributed by atoms with Gasteiger partial charge in [0.2, 0.25) is 0 Å². The number of rotatable bonds is 6. The molecular formula is C15H27BrO3Si. The summed E-state index contributed by atoms with van der Waals surface area (Å²) in [6.07, 6.45) is 5.91. The average molecular weight is 363 g/mol. The molecule has 1 aliphatic carbocycles. The molecule has 0 saturated heterocycles. The van der Waals surface area contributed by atoms with Crippen LogP contribution in [0.25, 0.3) is 0 Å². The highest BCUT2D eigenvalue weighted by molar-refractivity contribution is 9.11. The van der Waals surface area contributed by atoms with Gasteiger partial charge in [0.15, 0.2) is 8.32 Å².